The number of amides is 2. The van der Waals surface area contributed by atoms with Crippen molar-refractivity contribution in [2.24, 2.45) is 5.92 Å². The molecule has 5 nitrogen and oxygen atoms in total. The number of nitrogens with one attached hydrogen (secondary N) is 1. The number of carbonyl (C=O) groups is 2. The monoisotopic (exact) mass is 412 g/mol. The molecule has 1 saturated heterocycles. The Morgan fingerprint density at radius 1 is 1.17 bits per heavy atom. The van der Waals surface area contributed by atoms with Gasteiger partial charge in [0, 0.05) is 24.8 Å². The highest BCUT2D eigenvalue weighted by atomic mass is 19.1. The van der Waals surface area contributed by atoms with Crippen LogP contribution in [0.15, 0.2) is 42.5 Å². The number of anilines is 1. The summed E-state index contributed by atoms with van der Waals surface area (Å²) in [5.74, 6) is -0.904. The second-order valence-electron chi connectivity index (χ2n) is 8.75. The quantitative estimate of drug-likeness (QED) is 0.797. The lowest BCUT2D eigenvalue weighted by Gasteiger charge is -2.32. The molecule has 1 atom stereocenters. The first kappa shape index (κ1) is 21.8. The molecule has 1 heterocycles. The van der Waals surface area contributed by atoms with E-state index in [0.29, 0.717) is 18.7 Å². The fourth-order valence-electron chi connectivity index (χ4n) is 3.70. The van der Waals surface area contributed by atoms with Crippen LogP contribution in [0.3, 0.4) is 0 Å². The molecule has 1 N–H and O–H groups in total. The van der Waals surface area contributed by atoms with Gasteiger partial charge < -0.3 is 15.0 Å². The Hall–Kier alpha value is -2.89. The molecule has 0 saturated carbocycles. The van der Waals surface area contributed by atoms with Crippen LogP contribution in [0.5, 0.6) is 5.75 Å². The van der Waals surface area contributed by atoms with Crippen LogP contribution in [0.1, 0.15) is 49.5 Å². The number of hydrogen-bond donors (Lipinski definition) is 1. The topological polar surface area (TPSA) is 58.6 Å². The summed E-state index contributed by atoms with van der Waals surface area (Å²) >= 11 is 0. The van der Waals surface area contributed by atoms with E-state index in [2.05, 4.69) is 26.1 Å². The van der Waals surface area contributed by atoms with Gasteiger partial charge in [0.25, 0.3) is 5.91 Å². The fraction of sp³-hybridized carbons (Fsp3) is 0.417. The Bertz CT molecular complexity index is 936. The maximum Gasteiger partial charge on any atom is 0.257 e. The van der Waals surface area contributed by atoms with E-state index < -0.39 is 5.82 Å². The van der Waals surface area contributed by atoms with Crippen molar-refractivity contribution in [3.8, 4) is 5.75 Å². The van der Waals surface area contributed by atoms with Gasteiger partial charge >= 0.3 is 0 Å². The molecule has 2 aromatic rings. The zero-order valence-corrected chi connectivity index (χ0v) is 18.0. The maximum atomic E-state index is 13.5. The highest BCUT2D eigenvalue weighted by molar-refractivity contribution is 5.98. The average Bonchev–Trinajstić information content (AvgIpc) is 2.72. The number of carbonyl (C=O) groups excluding carboxylic acids is 2. The molecule has 160 valence electrons. The van der Waals surface area contributed by atoms with Crippen LogP contribution in [-0.4, -0.2) is 36.9 Å². The van der Waals surface area contributed by atoms with E-state index in [1.165, 1.54) is 25.3 Å². The molecule has 0 unspecified atom stereocenters. The Morgan fingerprint density at radius 3 is 2.63 bits per heavy atom. The molecule has 0 spiro atoms. The van der Waals surface area contributed by atoms with E-state index in [1.54, 1.807) is 4.90 Å². The zero-order valence-electron chi connectivity index (χ0n) is 18.0. The minimum atomic E-state index is -0.461. The number of hydrogen-bond acceptors (Lipinski definition) is 3. The highest BCUT2D eigenvalue weighted by Crippen LogP contribution is 2.27. The lowest BCUT2D eigenvalue weighted by molar-refractivity contribution is -0.121. The molecular weight excluding hydrogens is 383 g/mol. The molecule has 0 bridgehead atoms. The number of benzene rings is 2. The molecule has 30 heavy (non-hydrogen) atoms. The Kier molecular flexibility index (Phi) is 6.44. The summed E-state index contributed by atoms with van der Waals surface area (Å²) in [7, 11) is 1.41. The number of piperidine rings is 1. The van der Waals surface area contributed by atoms with Crippen molar-refractivity contribution in [2.75, 3.05) is 25.5 Å². The smallest absolute Gasteiger partial charge is 0.257 e. The molecule has 2 aromatic carbocycles. The Morgan fingerprint density at radius 2 is 1.93 bits per heavy atom. The molecule has 6 heteroatoms. The van der Waals surface area contributed by atoms with E-state index in [-0.39, 0.29) is 28.9 Å². The third-order valence-electron chi connectivity index (χ3n) is 5.47. The van der Waals surface area contributed by atoms with E-state index in [9.17, 15) is 14.0 Å². The molecule has 3 rings (SSSR count). The van der Waals surface area contributed by atoms with Crippen molar-refractivity contribution < 1.29 is 18.7 Å². The van der Waals surface area contributed by atoms with Crippen molar-refractivity contribution in [1.29, 1.82) is 0 Å². The maximum absolute atomic E-state index is 13.5. The van der Waals surface area contributed by atoms with Crippen LogP contribution in [0.2, 0.25) is 0 Å². The summed E-state index contributed by atoms with van der Waals surface area (Å²) in [6.45, 7) is 7.26. The predicted octanol–water partition coefficient (Wildman–Crippen LogP) is 4.62. The van der Waals surface area contributed by atoms with Crippen LogP contribution in [0, 0.1) is 11.7 Å². The molecule has 2 amide bonds. The molecule has 1 fully saturated rings. The van der Waals surface area contributed by atoms with E-state index in [1.807, 2.05) is 24.3 Å². The third-order valence-corrected chi connectivity index (χ3v) is 5.47. The van der Waals surface area contributed by atoms with Crippen LogP contribution < -0.4 is 10.1 Å². The Labute approximate surface area is 177 Å². The first-order chi connectivity index (χ1) is 14.2. The predicted molar refractivity (Wildman–Crippen MR) is 115 cm³/mol. The zero-order chi connectivity index (χ0) is 21.9. The van der Waals surface area contributed by atoms with Gasteiger partial charge in [0.05, 0.1) is 18.6 Å². The van der Waals surface area contributed by atoms with Crippen molar-refractivity contribution in [3.05, 3.63) is 59.4 Å². The number of rotatable bonds is 4. The fourth-order valence-corrected chi connectivity index (χ4v) is 3.70. The van der Waals surface area contributed by atoms with Gasteiger partial charge in [-0.1, -0.05) is 32.9 Å². The number of halogens is 1. The molecule has 0 radical (unpaired) electrons. The number of likely N-dealkylation sites (tertiary alicyclic amines) is 1. The van der Waals surface area contributed by atoms with E-state index >= 15 is 0 Å². The van der Waals surface area contributed by atoms with Crippen LogP contribution in [0.4, 0.5) is 10.1 Å². The van der Waals surface area contributed by atoms with Gasteiger partial charge in [-0.25, -0.2) is 4.39 Å². The third kappa shape index (κ3) is 4.99. The number of nitrogens with zero attached hydrogens (tertiary/aromatic N) is 1. The first-order valence-electron chi connectivity index (χ1n) is 10.2. The lowest BCUT2D eigenvalue weighted by atomic mass is 9.87. The minimum Gasteiger partial charge on any atom is -0.496 e. The largest absolute Gasteiger partial charge is 0.496 e. The SMILES string of the molecule is COc1cc(F)ccc1C(=O)N1CCC[C@H](C(=O)Nc2cccc(C(C)(C)C)c2)C1. The van der Waals surface area contributed by atoms with Crippen LogP contribution in [-0.2, 0) is 10.2 Å². The van der Waals surface area contributed by atoms with Crippen LogP contribution >= 0.6 is 0 Å². The number of methoxy groups -OCH3 is 1. The lowest BCUT2D eigenvalue weighted by Crippen LogP contribution is -2.43. The summed E-state index contributed by atoms with van der Waals surface area (Å²) in [4.78, 5) is 27.5. The minimum absolute atomic E-state index is 0.0109. The standard InChI is InChI=1S/C24H29FN2O3/c1-24(2,3)17-8-5-9-19(13-17)26-22(28)16-7-6-12-27(15-16)23(29)20-11-10-18(25)14-21(20)30-4/h5,8-11,13-14,16H,6-7,12,15H2,1-4H3,(H,26,28)/t16-/m0/s1. The van der Waals surface area contributed by atoms with Crippen molar-refractivity contribution in [1.82, 2.24) is 4.90 Å². The highest BCUT2D eigenvalue weighted by Gasteiger charge is 2.30. The van der Waals surface area contributed by atoms with Gasteiger partial charge in [0.2, 0.25) is 5.91 Å². The van der Waals surface area contributed by atoms with Crippen molar-refractivity contribution in [3.63, 3.8) is 0 Å². The Balaban J connectivity index is 1.70. The summed E-state index contributed by atoms with van der Waals surface area (Å²) in [5, 5.41) is 3.00. The molecule has 1 aliphatic rings. The molecule has 0 aromatic heterocycles. The van der Waals surface area contributed by atoms with E-state index in [4.69, 9.17) is 4.74 Å². The van der Waals surface area contributed by atoms with Crippen LogP contribution in [0.25, 0.3) is 0 Å². The summed E-state index contributed by atoms with van der Waals surface area (Å²) in [6.07, 6.45) is 1.45. The van der Waals surface area contributed by atoms with Gasteiger partial charge in [-0.05, 0) is 48.1 Å². The molecule has 1 aliphatic heterocycles. The van der Waals surface area contributed by atoms with Crippen molar-refractivity contribution >= 4 is 17.5 Å². The molecule has 0 aliphatic carbocycles. The van der Waals surface area contributed by atoms with Crippen molar-refractivity contribution in [2.45, 2.75) is 39.0 Å². The van der Waals surface area contributed by atoms with Gasteiger partial charge in [0.15, 0.2) is 0 Å². The van der Waals surface area contributed by atoms with Gasteiger partial charge in [-0.2, -0.15) is 0 Å². The number of ether oxygens (including phenoxy) is 1. The first-order valence-corrected chi connectivity index (χ1v) is 10.2. The second kappa shape index (κ2) is 8.86. The molecular formula is C24H29FN2O3. The normalized spacial score (nSPS) is 16.8. The second-order valence-corrected chi connectivity index (χ2v) is 8.75. The van der Waals surface area contributed by atoms with Gasteiger partial charge in [-0.3, -0.25) is 9.59 Å². The summed E-state index contributed by atoms with van der Waals surface area (Å²) in [6, 6.07) is 11.7. The van der Waals surface area contributed by atoms with E-state index in [0.717, 1.165) is 24.1 Å². The van der Waals surface area contributed by atoms with Gasteiger partial charge in [-0.15, -0.1) is 0 Å². The summed E-state index contributed by atoms with van der Waals surface area (Å²) < 4.78 is 18.6. The van der Waals surface area contributed by atoms with Gasteiger partial charge in [0.1, 0.15) is 11.6 Å². The average molecular weight is 413 g/mol. The summed E-state index contributed by atoms with van der Waals surface area (Å²) in [5.41, 5.74) is 2.20.